The number of nitrogens with one attached hydrogen (secondary N) is 3. The maximum Gasteiger partial charge on any atom is 0.265 e. The Morgan fingerprint density at radius 2 is 1.52 bits per heavy atom. The van der Waals surface area contributed by atoms with Gasteiger partial charge in [0.2, 0.25) is 0 Å². The maximum atomic E-state index is 12.9. The minimum atomic E-state index is -0.246. The number of carbonyl (C=O) groups excluding carboxylic acids is 2. The van der Waals surface area contributed by atoms with Crippen molar-refractivity contribution in [1.82, 2.24) is 10.9 Å². The van der Waals surface area contributed by atoms with Crippen LogP contribution in [-0.4, -0.2) is 33.1 Å². The van der Waals surface area contributed by atoms with Crippen molar-refractivity contribution in [1.29, 1.82) is 0 Å². The van der Waals surface area contributed by atoms with Crippen LogP contribution in [0.25, 0.3) is 0 Å². The molecule has 3 N–H and O–H groups in total. The highest BCUT2D eigenvalue weighted by Gasteiger charge is 2.14. The minimum absolute atomic E-state index is 0.246. The van der Waals surface area contributed by atoms with E-state index in [0.717, 1.165) is 16.0 Å². The van der Waals surface area contributed by atoms with E-state index in [4.69, 9.17) is 14.2 Å². The number of anilines is 1. The van der Waals surface area contributed by atoms with Crippen LogP contribution >= 0.6 is 11.8 Å². The molecule has 0 aliphatic heterocycles. The molecule has 0 bridgehead atoms. The molecule has 0 heterocycles. The molecule has 0 saturated carbocycles. The summed E-state index contributed by atoms with van der Waals surface area (Å²) >= 11 is 1.57. The molecular weight excluding hydrogens is 526 g/mol. The van der Waals surface area contributed by atoms with E-state index >= 15 is 0 Å². The lowest BCUT2D eigenvalue weighted by molar-refractivity contribution is 0.0931. The molecule has 2 amide bonds. The number of benzene rings is 4. The molecule has 9 heteroatoms. The van der Waals surface area contributed by atoms with Crippen molar-refractivity contribution in [3.8, 4) is 17.2 Å². The van der Waals surface area contributed by atoms with E-state index in [1.165, 1.54) is 0 Å². The van der Waals surface area contributed by atoms with Gasteiger partial charge >= 0.3 is 0 Å². The number of hydrogen-bond acceptors (Lipinski definition) is 7. The molecule has 40 heavy (non-hydrogen) atoms. The number of amides is 2. The topological polar surface area (TPSA) is 97.9 Å². The van der Waals surface area contributed by atoms with Gasteiger partial charge in [-0.25, -0.2) is 5.43 Å². The molecule has 0 spiro atoms. The Morgan fingerprint density at radius 1 is 0.750 bits per heavy atom. The van der Waals surface area contributed by atoms with E-state index in [-0.39, 0.29) is 11.8 Å². The lowest BCUT2D eigenvalue weighted by atomic mass is 10.1. The first kappa shape index (κ1) is 28.5. The summed E-state index contributed by atoms with van der Waals surface area (Å²) in [7, 11) is 4.73. The summed E-state index contributed by atoms with van der Waals surface area (Å²) in [5.74, 6) is 1.99. The third-order valence-corrected chi connectivity index (χ3v) is 7.19. The van der Waals surface area contributed by atoms with E-state index < -0.39 is 0 Å². The van der Waals surface area contributed by atoms with Gasteiger partial charge in [0.25, 0.3) is 11.8 Å². The summed E-state index contributed by atoms with van der Waals surface area (Å²) in [6.07, 6.45) is 0. The van der Waals surface area contributed by atoms with E-state index in [1.54, 1.807) is 63.4 Å². The van der Waals surface area contributed by atoms with Crippen molar-refractivity contribution in [3.63, 3.8) is 0 Å². The van der Waals surface area contributed by atoms with Gasteiger partial charge in [-0.15, -0.1) is 11.8 Å². The number of ether oxygens (including phenoxy) is 3. The maximum absolute atomic E-state index is 12.9. The van der Waals surface area contributed by atoms with Crippen LogP contribution in [0.15, 0.2) is 95.9 Å². The van der Waals surface area contributed by atoms with Gasteiger partial charge in [0.15, 0.2) is 0 Å². The molecule has 4 rings (SSSR count). The van der Waals surface area contributed by atoms with Crippen LogP contribution in [0.4, 0.5) is 5.69 Å². The Kier molecular flexibility index (Phi) is 10.0. The van der Waals surface area contributed by atoms with E-state index in [9.17, 15) is 9.59 Å². The minimum Gasteiger partial charge on any atom is -0.497 e. The molecule has 0 unspecified atom stereocenters. The highest BCUT2D eigenvalue weighted by atomic mass is 32.2. The van der Waals surface area contributed by atoms with Gasteiger partial charge in [-0.1, -0.05) is 42.5 Å². The number of carbonyl (C=O) groups is 2. The second-order valence-electron chi connectivity index (χ2n) is 8.63. The SMILES string of the molecule is COc1ccc(CNNC(=O)c2cccc(CSc3ccccc3NC(=O)c3ccccc3OC)c2)c(OC)c1. The third kappa shape index (κ3) is 7.34. The highest BCUT2D eigenvalue weighted by Crippen LogP contribution is 2.31. The molecule has 0 aliphatic rings. The Morgan fingerprint density at radius 3 is 2.33 bits per heavy atom. The summed E-state index contributed by atoms with van der Waals surface area (Å²) < 4.78 is 16.0. The second-order valence-corrected chi connectivity index (χ2v) is 9.64. The molecule has 4 aromatic rings. The van der Waals surface area contributed by atoms with Crippen LogP contribution in [0.2, 0.25) is 0 Å². The molecular formula is C31H31N3O5S. The second kappa shape index (κ2) is 14.1. The van der Waals surface area contributed by atoms with Gasteiger partial charge in [0.05, 0.1) is 32.6 Å². The van der Waals surface area contributed by atoms with E-state index in [0.29, 0.717) is 46.4 Å². The molecule has 0 atom stereocenters. The number of rotatable bonds is 12. The number of thioether (sulfide) groups is 1. The molecule has 206 valence electrons. The predicted molar refractivity (Wildman–Crippen MR) is 157 cm³/mol. The third-order valence-electron chi connectivity index (χ3n) is 6.05. The van der Waals surface area contributed by atoms with E-state index in [1.807, 2.05) is 60.7 Å². The normalized spacial score (nSPS) is 10.5. The largest absolute Gasteiger partial charge is 0.497 e. The Labute approximate surface area is 238 Å². The number of hydrogen-bond donors (Lipinski definition) is 3. The summed E-state index contributed by atoms with van der Waals surface area (Å²) in [6, 6.07) is 27.7. The monoisotopic (exact) mass is 557 g/mol. The fourth-order valence-electron chi connectivity index (χ4n) is 3.97. The molecule has 0 fully saturated rings. The van der Waals surface area contributed by atoms with Crippen LogP contribution in [0, 0.1) is 0 Å². The van der Waals surface area contributed by atoms with Crippen molar-refractivity contribution >= 4 is 29.3 Å². The van der Waals surface area contributed by atoms with Crippen molar-refractivity contribution in [2.24, 2.45) is 0 Å². The van der Waals surface area contributed by atoms with Crippen LogP contribution < -0.4 is 30.4 Å². The highest BCUT2D eigenvalue weighted by molar-refractivity contribution is 7.98. The lowest BCUT2D eigenvalue weighted by Crippen LogP contribution is -2.36. The summed E-state index contributed by atoms with van der Waals surface area (Å²) in [4.78, 5) is 26.6. The fourth-order valence-corrected chi connectivity index (χ4v) is 4.92. The van der Waals surface area contributed by atoms with Gasteiger partial charge in [-0.05, 0) is 48.0 Å². The molecule has 0 saturated heterocycles. The van der Waals surface area contributed by atoms with Crippen LogP contribution in [0.5, 0.6) is 17.2 Å². The molecule has 4 aromatic carbocycles. The zero-order valence-corrected chi connectivity index (χ0v) is 23.3. The zero-order chi connectivity index (χ0) is 28.3. The fraction of sp³-hybridized carbons (Fsp3) is 0.161. The first-order valence-electron chi connectivity index (χ1n) is 12.5. The van der Waals surface area contributed by atoms with Crippen molar-refractivity contribution in [2.75, 3.05) is 26.6 Å². The average Bonchev–Trinajstić information content (AvgIpc) is 3.00. The number of methoxy groups -OCH3 is 3. The van der Waals surface area contributed by atoms with Gasteiger partial charge < -0.3 is 19.5 Å². The predicted octanol–water partition coefficient (Wildman–Crippen LogP) is 5.69. The van der Waals surface area contributed by atoms with Crippen LogP contribution in [0.1, 0.15) is 31.8 Å². The van der Waals surface area contributed by atoms with Crippen molar-refractivity contribution in [3.05, 3.63) is 113 Å². The average molecular weight is 558 g/mol. The number of para-hydroxylation sites is 2. The summed E-state index contributed by atoms with van der Waals surface area (Å²) in [6.45, 7) is 0.381. The first-order chi connectivity index (χ1) is 19.5. The summed E-state index contributed by atoms with van der Waals surface area (Å²) in [5, 5.41) is 2.99. The molecule has 8 nitrogen and oxygen atoms in total. The van der Waals surface area contributed by atoms with Crippen molar-refractivity contribution in [2.45, 2.75) is 17.2 Å². The quantitative estimate of drug-likeness (QED) is 0.152. The van der Waals surface area contributed by atoms with Gasteiger partial charge in [0, 0.05) is 34.4 Å². The summed E-state index contributed by atoms with van der Waals surface area (Å²) in [5.41, 5.74) is 9.26. The van der Waals surface area contributed by atoms with Crippen molar-refractivity contribution < 1.29 is 23.8 Å². The number of hydrazine groups is 1. The molecule has 0 aliphatic carbocycles. The smallest absolute Gasteiger partial charge is 0.265 e. The Hall–Kier alpha value is -4.47. The van der Waals surface area contributed by atoms with Gasteiger partial charge in [-0.3, -0.25) is 15.0 Å². The zero-order valence-electron chi connectivity index (χ0n) is 22.5. The Balaban J connectivity index is 1.35. The standard InChI is InChI=1S/C31H31N3O5S/c1-37-24-16-15-23(28(18-24)39-3)19-32-34-30(35)22-10-8-9-21(17-22)20-40-29-14-7-5-12-26(29)33-31(36)25-11-4-6-13-27(25)38-2/h4-18,32H,19-20H2,1-3H3,(H,33,36)(H,34,35). The Bertz CT molecular complexity index is 1480. The van der Waals surface area contributed by atoms with Gasteiger partial charge in [-0.2, -0.15) is 0 Å². The van der Waals surface area contributed by atoms with Crippen LogP contribution in [-0.2, 0) is 12.3 Å². The van der Waals surface area contributed by atoms with Gasteiger partial charge in [0.1, 0.15) is 17.2 Å². The molecule has 0 aromatic heterocycles. The molecule has 0 radical (unpaired) electrons. The lowest BCUT2D eigenvalue weighted by Gasteiger charge is -2.13. The van der Waals surface area contributed by atoms with E-state index in [2.05, 4.69) is 16.2 Å². The van der Waals surface area contributed by atoms with Crippen LogP contribution in [0.3, 0.4) is 0 Å². The first-order valence-corrected chi connectivity index (χ1v) is 13.5.